The lowest BCUT2D eigenvalue weighted by molar-refractivity contribution is 0.221. The van der Waals surface area contributed by atoms with Crippen molar-refractivity contribution >= 4 is 74.9 Å². The third-order valence-corrected chi connectivity index (χ3v) is 4.88. The minimum Gasteiger partial charge on any atom is -0.478 e. The topological polar surface area (TPSA) is 21.6 Å². The van der Waals surface area contributed by atoms with Crippen LogP contribution in [0.25, 0.3) is 0 Å². The van der Waals surface area contributed by atoms with Gasteiger partial charge in [0.1, 0.15) is 5.54 Å². The second-order valence-corrected chi connectivity index (χ2v) is 7.67. The molecule has 1 aliphatic rings. The number of nitrogens with zero attached hydrogens (tertiary/aromatic N) is 1. The van der Waals surface area contributed by atoms with Crippen molar-refractivity contribution in [3.05, 3.63) is 34.9 Å². The molecule has 2 rings (SSSR count). The lowest BCUT2D eigenvalue weighted by Gasteiger charge is -2.34. The summed E-state index contributed by atoms with van der Waals surface area (Å²) >= 11 is 25.9. The molecule has 0 N–H and O–H groups in total. The van der Waals surface area contributed by atoms with Gasteiger partial charge in [-0.2, -0.15) is 0 Å². The molecule has 0 saturated carbocycles. The minimum atomic E-state index is -1.64. The number of hydrogen-bond donors (Lipinski definition) is 0. The Morgan fingerprint density at radius 1 is 1.37 bits per heavy atom. The summed E-state index contributed by atoms with van der Waals surface area (Å²) in [6.45, 7) is 0.461. The first kappa shape index (κ1) is 16.0. The van der Waals surface area contributed by atoms with Crippen LogP contribution >= 0.6 is 69.0 Å². The predicted molar refractivity (Wildman–Crippen MR) is 90.3 cm³/mol. The Bertz CT molecular complexity index is 503. The van der Waals surface area contributed by atoms with Crippen molar-refractivity contribution in [1.82, 2.24) is 0 Å². The number of ether oxygens (including phenoxy) is 1. The number of benzene rings is 1. The summed E-state index contributed by atoms with van der Waals surface area (Å²) < 4.78 is 4.47. The first-order chi connectivity index (χ1) is 8.87. The molecule has 1 atom stereocenters. The van der Waals surface area contributed by atoms with E-state index in [1.807, 2.05) is 24.3 Å². The number of rotatable bonds is 2. The van der Waals surface area contributed by atoms with Crippen molar-refractivity contribution in [3.63, 3.8) is 0 Å². The van der Waals surface area contributed by atoms with Crippen LogP contribution in [0.3, 0.4) is 0 Å². The fraction of sp³-hybridized carbons (Fsp3) is 0.417. The van der Waals surface area contributed by atoms with Crippen LogP contribution < -0.4 is 0 Å². The lowest BCUT2D eigenvalue weighted by Crippen LogP contribution is -2.38. The highest BCUT2D eigenvalue weighted by atomic mass is 127. The number of halogens is 5. The normalized spacial score (nSPS) is 23.7. The Hall–Kier alpha value is 0.580. The fourth-order valence-corrected chi connectivity index (χ4v) is 3.38. The Balaban J connectivity index is 2.48. The maximum atomic E-state index is 6.05. The van der Waals surface area contributed by atoms with Crippen molar-refractivity contribution in [2.24, 2.45) is 4.99 Å². The van der Waals surface area contributed by atoms with Gasteiger partial charge in [-0.3, -0.25) is 0 Å². The van der Waals surface area contributed by atoms with Crippen molar-refractivity contribution in [1.29, 1.82) is 0 Å². The highest BCUT2D eigenvalue weighted by molar-refractivity contribution is 14.1. The fourth-order valence-electron chi connectivity index (χ4n) is 1.90. The number of hydrogen-bond acceptors (Lipinski definition) is 2. The molecular weight excluding hydrogens is 443 g/mol. The highest BCUT2D eigenvalue weighted by Gasteiger charge is 2.40. The third-order valence-electron chi connectivity index (χ3n) is 2.90. The number of alkyl halides is 4. The zero-order valence-corrected chi connectivity index (χ0v) is 14.9. The van der Waals surface area contributed by atoms with Gasteiger partial charge in [-0.25, -0.2) is 4.99 Å². The quantitative estimate of drug-likeness (QED) is 0.448. The summed E-state index contributed by atoms with van der Waals surface area (Å²) in [5.41, 5.74) is 0.549. The molecule has 0 fully saturated rings. The predicted octanol–water partition coefficient (Wildman–Crippen LogP) is 5.16. The average molecular weight is 453 g/mol. The van der Waals surface area contributed by atoms with Crippen LogP contribution in [0.2, 0.25) is 5.02 Å². The van der Waals surface area contributed by atoms with Crippen molar-refractivity contribution < 1.29 is 4.74 Å². The smallest absolute Gasteiger partial charge is 0.266 e. The molecule has 1 heterocycles. The van der Waals surface area contributed by atoms with E-state index in [1.165, 1.54) is 0 Å². The van der Waals surface area contributed by atoms with Crippen LogP contribution in [0.4, 0.5) is 0 Å². The molecule has 1 aromatic rings. The van der Waals surface area contributed by atoms with Gasteiger partial charge in [0.25, 0.3) is 3.79 Å². The van der Waals surface area contributed by atoms with Crippen LogP contribution in [-0.2, 0) is 10.3 Å². The zero-order chi connectivity index (χ0) is 14.1. The molecule has 1 aromatic carbocycles. The molecule has 0 aliphatic carbocycles. The van der Waals surface area contributed by atoms with Gasteiger partial charge in [-0.05, 0) is 17.7 Å². The molecule has 7 heteroatoms. The summed E-state index contributed by atoms with van der Waals surface area (Å²) in [6.07, 6.45) is 0.723. The van der Waals surface area contributed by atoms with Crippen LogP contribution in [0, 0.1) is 0 Å². The van der Waals surface area contributed by atoms with Gasteiger partial charge < -0.3 is 4.74 Å². The van der Waals surface area contributed by atoms with Gasteiger partial charge in [0.15, 0.2) is 0 Å². The van der Waals surface area contributed by atoms with E-state index in [0.29, 0.717) is 11.6 Å². The maximum absolute atomic E-state index is 6.05. The van der Waals surface area contributed by atoms with E-state index in [2.05, 4.69) is 27.6 Å². The van der Waals surface area contributed by atoms with Gasteiger partial charge in [-0.15, -0.1) is 0 Å². The van der Waals surface area contributed by atoms with E-state index >= 15 is 0 Å². The summed E-state index contributed by atoms with van der Waals surface area (Å²) in [5, 5.41) is 0.666. The van der Waals surface area contributed by atoms with Crippen LogP contribution in [0.1, 0.15) is 12.0 Å². The standard InChI is InChI=1S/C12H10Cl4INO/c13-9-3-1-2-8(6-9)11(7-17)4-5-19-10(18-11)12(14,15)16/h1-3,6H,4-5,7H2. The second kappa shape index (κ2) is 6.14. The van der Waals surface area contributed by atoms with Crippen LogP contribution in [-0.4, -0.2) is 20.7 Å². The lowest BCUT2D eigenvalue weighted by atomic mass is 9.89. The van der Waals surface area contributed by atoms with E-state index in [1.54, 1.807) is 0 Å². The summed E-state index contributed by atoms with van der Waals surface area (Å²) in [7, 11) is 0. The molecular formula is C12H10Cl4INO. The van der Waals surface area contributed by atoms with Gasteiger partial charge in [-0.1, -0.05) is 81.1 Å². The van der Waals surface area contributed by atoms with Crippen molar-refractivity contribution in [2.45, 2.75) is 15.8 Å². The van der Waals surface area contributed by atoms with E-state index in [4.69, 9.17) is 51.1 Å². The van der Waals surface area contributed by atoms with Gasteiger partial charge in [0, 0.05) is 15.9 Å². The average Bonchev–Trinajstić information content (AvgIpc) is 2.38. The molecule has 0 saturated heterocycles. The molecule has 1 unspecified atom stereocenters. The van der Waals surface area contributed by atoms with E-state index < -0.39 is 9.33 Å². The van der Waals surface area contributed by atoms with E-state index in [0.717, 1.165) is 16.4 Å². The van der Waals surface area contributed by atoms with Gasteiger partial charge in [0.05, 0.1) is 6.61 Å². The zero-order valence-electron chi connectivity index (χ0n) is 9.68. The Labute approximate surface area is 145 Å². The third kappa shape index (κ3) is 3.62. The summed E-state index contributed by atoms with van der Waals surface area (Å²) in [6, 6.07) is 7.59. The molecule has 2 nitrogen and oxygen atoms in total. The molecule has 1 aliphatic heterocycles. The van der Waals surface area contributed by atoms with Crippen LogP contribution in [0.5, 0.6) is 0 Å². The number of aliphatic imine (C=N–C) groups is 1. The SMILES string of the molecule is Clc1cccc(C2(CI)CCOC(C(Cl)(Cl)Cl)=N2)c1. The molecule has 19 heavy (non-hydrogen) atoms. The van der Waals surface area contributed by atoms with Crippen molar-refractivity contribution in [2.75, 3.05) is 11.0 Å². The molecule has 0 spiro atoms. The minimum absolute atomic E-state index is 0.139. The molecule has 0 amide bonds. The van der Waals surface area contributed by atoms with Crippen LogP contribution in [0.15, 0.2) is 29.3 Å². The molecule has 0 aromatic heterocycles. The first-order valence-corrected chi connectivity index (χ1v) is 8.53. The Morgan fingerprint density at radius 3 is 2.68 bits per heavy atom. The van der Waals surface area contributed by atoms with Crippen molar-refractivity contribution in [3.8, 4) is 0 Å². The highest BCUT2D eigenvalue weighted by Crippen LogP contribution is 2.40. The molecule has 104 valence electrons. The van der Waals surface area contributed by atoms with E-state index in [9.17, 15) is 0 Å². The first-order valence-electron chi connectivity index (χ1n) is 5.49. The summed E-state index contributed by atoms with van der Waals surface area (Å²) in [4.78, 5) is 4.55. The monoisotopic (exact) mass is 451 g/mol. The van der Waals surface area contributed by atoms with Gasteiger partial charge >= 0.3 is 0 Å². The maximum Gasteiger partial charge on any atom is 0.266 e. The molecule has 0 radical (unpaired) electrons. The summed E-state index contributed by atoms with van der Waals surface area (Å²) in [5.74, 6) is 0.139. The van der Waals surface area contributed by atoms with Gasteiger partial charge in [0.2, 0.25) is 5.90 Å². The molecule has 0 bridgehead atoms. The second-order valence-electron chi connectivity index (χ2n) is 4.19. The Kier molecular flexibility index (Phi) is 5.16. The van der Waals surface area contributed by atoms with E-state index in [-0.39, 0.29) is 5.90 Å². The Morgan fingerprint density at radius 2 is 2.11 bits per heavy atom. The largest absolute Gasteiger partial charge is 0.478 e.